The average Bonchev–Trinajstić information content (AvgIpc) is 2.43. The second-order valence-electron chi connectivity index (χ2n) is 7.58. The first-order chi connectivity index (χ1) is 9.88. The van der Waals surface area contributed by atoms with Gasteiger partial charge in [0.2, 0.25) is 0 Å². The Bertz CT molecular complexity index is 347. The molecule has 0 spiro atoms. The third-order valence-electron chi connectivity index (χ3n) is 4.09. The van der Waals surface area contributed by atoms with E-state index in [0.717, 1.165) is 6.42 Å². The monoisotopic (exact) mass is 318 g/mol. The molecule has 0 aromatic heterocycles. The van der Waals surface area contributed by atoms with E-state index in [1.54, 1.807) is 13.8 Å². The topological polar surface area (TPSA) is 76.0 Å². The lowest BCUT2D eigenvalue weighted by Crippen LogP contribution is -2.44. The highest BCUT2D eigenvalue weighted by atomic mass is 16.5. The van der Waals surface area contributed by atoms with Crippen LogP contribution in [0.5, 0.6) is 0 Å². The number of Topliss-reactive ketones (excluding diaryl/α,β-unsaturated/α-hetero) is 1. The summed E-state index contributed by atoms with van der Waals surface area (Å²) >= 11 is 0. The number of carbonyl (C=O) groups excluding carboxylic acids is 1. The van der Waals surface area contributed by atoms with Crippen molar-refractivity contribution in [2.45, 2.75) is 78.6 Å². The van der Waals surface area contributed by atoms with Crippen LogP contribution in [0.1, 0.15) is 61.3 Å². The molecule has 2 N–H and O–H groups in total. The zero-order valence-corrected chi connectivity index (χ0v) is 15.2. The van der Waals surface area contributed by atoms with Gasteiger partial charge in [-0.3, -0.25) is 4.79 Å². The van der Waals surface area contributed by atoms with Gasteiger partial charge in [0.05, 0.1) is 25.4 Å². The SMILES string of the molecule is CCC(C)(C)C(=O)C(C)(C)OCCC(C)(C)OCC(O)CO. The number of aliphatic hydroxyl groups excluding tert-OH is 2. The zero-order chi connectivity index (χ0) is 17.6. The van der Waals surface area contributed by atoms with Crippen LogP contribution < -0.4 is 0 Å². The van der Waals surface area contributed by atoms with Gasteiger partial charge in [0, 0.05) is 5.41 Å². The van der Waals surface area contributed by atoms with Crippen molar-refractivity contribution in [2.24, 2.45) is 5.41 Å². The lowest BCUT2D eigenvalue weighted by Gasteiger charge is -2.34. The fraction of sp³-hybridized carbons (Fsp3) is 0.941. The van der Waals surface area contributed by atoms with Gasteiger partial charge in [-0.1, -0.05) is 20.8 Å². The summed E-state index contributed by atoms with van der Waals surface area (Å²) in [6.07, 6.45) is 0.490. The molecule has 132 valence electrons. The Balaban J connectivity index is 4.40. The summed E-state index contributed by atoms with van der Waals surface area (Å²) in [6, 6.07) is 0. The number of hydrogen-bond donors (Lipinski definition) is 2. The van der Waals surface area contributed by atoms with Crippen molar-refractivity contribution < 1.29 is 24.5 Å². The van der Waals surface area contributed by atoms with E-state index < -0.39 is 22.7 Å². The summed E-state index contributed by atoms with van der Waals surface area (Å²) in [4.78, 5) is 12.5. The lowest BCUT2D eigenvalue weighted by atomic mass is 9.78. The minimum Gasteiger partial charge on any atom is -0.394 e. The van der Waals surface area contributed by atoms with Crippen LogP contribution in [0.4, 0.5) is 0 Å². The van der Waals surface area contributed by atoms with Gasteiger partial charge >= 0.3 is 0 Å². The molecular weight excluding hydrogens is 284 g/mol. The summed E-state index contributed by atoms with van der Waals surface area (Å²) in [5.74, 6) is 0.0944. The molecule has 1 atom stereocenters. The van der Waals surface area contributed by atoms with E-state index in [4.69, 9.17) is 14.6 Å². The summed E-state index contributed by atoms with van der Waals surface area (Å²) < 4.78 is 11.4. The maximum absolute atomic E-state index is 12.5. The molecule has 5 nitrogen and oxygen atoms in total. The minimum absolute atomic E-state index is 0.0781. The van der Waals surface area contributed by atoms with Gasteiger partial charge in [-0.15, -0.1) is 0 Å². The Morgan fingerprint density at radius 1 is 1.09 bits per heavy atom. The molecule has 0 aromatic rings. The maximum atomic E-state index is 12.5. The van der Waals surface area contributed by atoms with E-state index in [2.05, 4.69) is 0 Å². The van der Waals surface area contributed by atoms with E-state index in [0.29, 0.717) is 13.0 Å². The van der Waals surface area contributed by atoms with Crippen molar-refractivity contribution in [1.82, 2.24) is 0 Å². The van der Waals surface area contributed by atoms with Crippen LogP contribution in [0.3, 0.4) is 0 Å². The summed E-state index contributed by atoms with van der Waals surface area (Å²) in [7, 11) is 0. The summed E-state index contributed by atoms with van der Waals surface area (Å²) in [5.41, 5.74) is -1.73. The third kappa shape index (κ3) is 7.18. The predicted molar refractivity (Wildman–Crippen MR) is 86.9 cm³/mol. The highest BCUT2D eigenvalue weighted by molar-refractivity contribution is 5.91. The van der Waals surface area contributed by atoms with Crippen molar-refractivity contribution >= 4 is 5.78 Å². The van der Waals surface area contributed by atoms with Gasteiger partial charge in [0.1, 0.15) is 11.7 Å². The van der Waals surface area contributed by atoms with Crippen LogP contribution in [0.2, 0.25) is 0 Å². The predicted octanol–water partition coefficient (Wildman–Crippen LogP) is 2.33. The molecule has 0 fully saturated rings. The molecule has 0 bridgehead atoms. The normalized spacial score (nSPS) is 15.0. The van der Waals surface area contributed by atoms with Gasteiger partial charge in [-0.05, 0) is 40.5 Å². The van der Waals surface area contributed by atoms with E-state index in [1.165, 1.54) is 0 Å². The number of hydrogen-bond acceptors (Lipinski definition) is 5. The summed E-state index contributed by atoms with van der Waals surface area (Å²) in [6.45, 7) is 13.4. The largest absolute Gasteiger partial charge is 0.394 e. The summed E-state index contributed by atoms with van der Waals surface area (Å²) in [5, 5.41) is 18.1. The van der Waals surface area contributed by atoms with Crippen LogP contribution in [0, 0.1) is 5.41 Å². The van der Waals surface area contributed by atoms with Gasteiger partial charge in [-0.25, -0.2) is 0 Å². The van der Waals surface area contributed by atoms with E-state index >= 15 is 0 Å². The standard InChI is InChI=1S/C17H34O5/c1-8-15(2,3)14(20)17(6,7)21-10-9-16(4,5)22-12-13(19)11-18/h13,18-19H,8-12H2,1-7H3. The maximum Gasteiger partial charge on any atom is 0.169 e. The molecular formula is C17H34O5. The number of ether oxygens (including phenoxy) is 2. The van der Waals surface area contributed by atoms with E-state index in [-0.39, 0.29) is 19.0 Å². The Labute approximate surface area is 135 Å². The first kappa shape index (κ1) is 21.5. The van der Waals surface area contributed by atoms with Crippen LogP contribution >= 0.6 is 0 Å². The number of aliphatic hydroxyl groups is 2. The van der Waals surface area contributed by atoms with E-state index in [1.807, 2.05) is 34.6 Å². The van der Waals surface area contributed by atoms with Gasteiger partial charge in [-0.2, -0.15) is 0 Å². The van der Waals surface area contributed by atoms with Crippen LogP contribution in [0.25, 0.3) is 0 Å². The number of carbonyl (C=O) groups is 1. The smallest absolute Gasteiger partial charge is 0.169 e. The first-order valence-corrected chi connectivity index (χ1v) is 7.99. The molecule has 0 amide bonds. The second-order valence-corrected chi connectivity index (χ2v) is 7.58. The molecule has 0 radical (unpaired) electrons. The molecule has 0 saturated carbocycles. The van der Waals surface area contributed by atoms with Crippen LogP contribution in [0.15, 0.2) is 0 Å². The molecule has 0 aliphatic rings. The highest BCUT2D eigenvalue weighted by Gasteiger charge is 2.39. The fourth-order valence-electron chi connectivity index (χ4n) is 2.04. The Morgan fingerprint density at radius 2 is 1.64 bits per heavy atom. The molecule has 0 rings (SSSR count). The van der Waals surface area contributed by atoms with Gasteiger partial charge < -0.3 is 19.7 Å². The van der Waals surface area contributed by atoms with Crippen LogP contribution in [-0.4, -0.2) is 53.1 Å². The second kappa shape index (κ2) is 8.39. The molecule has 1 unspecified atom stereocenters. The van der Waals surface area contributed by atoms with Gasteiger partial charge in [0.25, 0.3) is 0 Å². The lowest BCUT2D eigenvalue weighted by molar-refractivity contribution is -0.152. The number of rotatable bonds is 11. The zero-order valence-electron chi connectivity index (χ0n) is 15.2. The van der Waals surface area contributed by atoms with Crippen molar-refractivity contribution in [3.63, 3.8) is 0 Å². The molecule has 0 heterocycles. The Morgan fingerprint density at radius 3 is 2.09 bits per heavy atom. The van der Waals surface area contributed by atoms with Crippen molar-refractivity contribution in [2.75, 3.05) is 19.8 Å². The molecule has 5 heteroatoms. The first-order valence-electron chi connectivity index (χ1n) is 7.99. The van der Waals surface area contributed by atoms with Crippen LogP contribution in [-0.2, 0) is 14.3 Å². The highest BCUT2D eigenvalue weighted by Crippen LogP contribution is 2.29. The third-order valence-corrected chi connectivity index (χ3v) is 4.09. The molecule has 22 heavy (non-hydrogen) atoms. The van der Waals surface area contributed by atoms with Gasteiger partial charge in [0.15, 0.2) is 5.78 Å². The average molecular weight is 318 g/mol. The quantitative estimate of drug-likeness (QED) is 0.611. The fourth-order valence-corrected chi connectivity index (χ4v) is 2.04. The molecule has 0 aromatic carbocycles. The van der Waals surface area contributed by atoms with Crippen molar-refractivity contribution in [3.05, 3.63) is 0 Å². The Kier molecular flexibility index (Phi) is 8.20. The minimum atomic E-state index is -0.872. The molecule has 0 saturated heterocycles. The van der Waals surface area contributed by atoms with E-state index in [9.17, 15) is 9.90 Å². The van der Waals surface area contributed by atoms with Crippen molar-refractivity contribution in [1.29, 1.82) is 0 Å². The van der Waals surface area contributed by atoms with Crippen molar-refractivity contribution in [3.8, 4) is 0 Å². The Hall–Kier alpha value is -0.490. The molecule has 0 aliphatic heterocycles. The molecule has 0 aliphatic carbocycles. The number of ketones is 1.